The average Bonchev–Trinajstić information content (AvgIpc) is 3.40. The molecule has 1 aromatic carbocycles. The van der Waals surface area contributed by atoms with Crippen molar-refractivity contribution in [3.05, 3.63) is 58.3 Å². The first-order valence-corrected chi connectivity index (χ1v) is 13.3. The van der Waals surface area contributed by atoms with E-state index in [1.54, 1.807) is 0 Å². The molecule has 4 nitrogen and oxygen atoms in total. The molecule has 1 aromatic heterocycles. The highest BCUT2D eigenvalue weighted by Gasteiger charge is 2.54. The molecule has 172 valence electrons. The van der Waals surface area contributed by atoms with E-state index in [0.29, 0.717) is 12.0 Å². The van der Waals surface area contributed by atoms with E-state index in [4.69, 9.17) is 4.74 Å². The van der Waals surface area contributed by atoms with Crippen LogP contribution in [0, 0.1) is 11.8 Å². The third-order valence-corrected chi connectivity index (χ3v) is 9.72. The van der Waals surface area contributed by atoms with Crippen LogP contribution < -0.4 is 0 Å². The van der Waals surface area contributed by atoms with E-state index in [2.05, 4.69) is 37.3 Å². The maximum absolute atomic E-state index is 13.7. The smallest absolute Gasteiger partial charge is 0.344 e. The van der Waals surface area contributed by atoms with Crippen molar-refractivity contribution >= 4 is 17.3 Å². The van der Waals surface area contributed by atoms with E-state index in [-0.39, 0.29) is 12.0 Å². The second kappa shape index (κ2) is 8.92. The lowest BCUT2D eigenvalue weighted by Crippen LogP contribution is -2.65. The first-order valence-electron chi connectivity index (χ1n) is 12.4. The Labute approximate surface area is 195 Å². The molecule has 32 heavy (non-hydrogen) atoms. The summed E-state index contributed by atoms with van der Waals surface area (Å²) < 4.78 is 7.27. The highest BCUT2D eigenvalue weighted by Crippen LogP contribution is 2.45. The van der Waals surface area contributed by atoms with Crippen molar-refractivity contribution < 1.29 is 19.1 Å². The van der Waals surface area contributed by atoms with Gasteiger partial charge in [-0.25, -0.2) is 4.79 Å². The molecule has 1 aliphatic carbocycles. The van der Waals surface area contributed by atoms with E-state index < -0.39 is 11.6 Å². The molecule has 3 atom stereocenters. The molecule has 0 amide bonds. The first kappa shape index (κ1) is 22.1. The monoisotopic (exact) mass is 454 g/mol. The van der Waals surface area contributed by atoms with Gasteiger partial charge in [-0.1, -0.05) is 55.7 Å². The minimum Gasteiger partial charge on any atom is -0.454 e. The van der Waals surface area contributed by atoms with Crippen molar-refractivity contribution in [2.45, 2.75) is 69.6 Å². The Morgan fingerprint density at radius 2 is 1.78 bits per heavy atom. The molecule has 3 aliphatic heterocycles. The molecular weight excluding hydrogens is 418 g/mol. The van der Waals surface area contributed by atoms with Gasteiger partial charge in [-0.15, -0.1) is 11.3 Å². The zero-order valence-corrected chi connectivity index (χ0v) is 19.9. The lowest BCUT2D eigenvalue weighted by atomic mass is 9.75. The van der Waals surface area contributed by atoms with Crippen LogP contribution >= 0.6 is 11.3 Å². The number of piperidine rings is 3. The molecule has 1 N–H and O–H groups in total. The van der Waals surface area contributed by atoms with Crippen LogP contribution in [-0.4, -0.2) is 41.3 Å². The standard InChI is InChI=1S/C27H36NO3S/c1-20(21-9-4-2-5-10-21)28-16-14-22(15-17-28)24(19-28)31-26(29)27(30,25-13-8-18-32-25)23-11-6-3-7-12-23/h2,4-5,8-10,13,18,20,22-24,30H,3,6-7,11-12,14-17,19H2,1H3/q+1/t20?,22?,24-,27+,28?/m0/s1. The van der Waals surface area contributed by atoms with Crippen molar-refractivity contribution in [3.63, 3.8) is 0 Å². The molecule has 3 saturated heterocycles. The molecule has 1 saturated carbocycles. The number of nitrogens with zero attached hydrogens (tertiary/aromatic N) is 1. The quantitative estimate of drug-likeness (QED) is 0.468. The summed E-state index contributed by atoms with van der Waals surface area (Å²) in [4.78, 5) is 14.4. The number of hydrogen-bond donors (Lipinski definition) is 1. The van der Waals surface area contributed by atoms with Crippen LogP contribution in [0.15, 0.2) is 47.8 Å². The highest BCUT2D eigenvalue weighted by molar-refractivity contribution is 7.10. The summed E-state index contributed by atoms with van der Waals surface area (Å²) in [5, 5.41) is 13.8. The van der Waals surface area contributed by atoms with Crippen LogP contribution in [0.3, 0.4) is 0 Å². The largest absolute Gasteiger partial charge is 0.454 e. The molecule has 0 spiro atoms. The number of rotatable bonds is 6. The molecule has 4 fully saturated rings. The Morgan fingerprint density at radius 3 is 2.44 bits per heavy atom. The number of aliphatic hydroxyl groups is 1. The van der Waals surface area contributed by atoms with Crippen LogP contribution in [0.4, 0.5) is 0 Å². The van der Waals surface area contributed by atoms with Crippen LogP contribution in [0.2, 0.25) is 0 Å². The van der Waals surface area contributed by atoms with Crippen molar-refractivity contribution in [2.24, 2.45) is 11.8 Å². The highest BCUT2D eigenvalue weighted by atomic mass is 32.1. The Balaban J connectivity index is 1.37. The van der Waals surface area contributed by atoms with Crippen LogP contribution in [0.5, 0.6) is 0 Å². The number of benzene rings is 1. The fraction of sp³-hybridized carbons (Fsp3) is 0.593. The normalized spacial score (nSPS) is 31.1. The predicted octanol–water partition coefficient (Wildman–Crippen LogP) is 5.43. The third-order valence-electron chi connectivity index (χ3n) is 8.73. The number of ether oxygens (including phenoxy) is 1. The number of quaternary nitrogens is 1. The van der Waals surface area contributed by atoms with Gasteiger partial charge in [-0.2, -0.15) is 0 Å². The topological polar surface area (TPSA) is 46.5 Å². The summed E-state index contributed by atoms with van der Waals surface area (Å²) >= 11 is 1.48. The van der Waals surface area contributed by atoms with Gasteiger partial charge in [0.1, 0.15) is 12.6 Å². The number of carbonyl (C=O) groups is 1. The zero-order chi connectivity index (χ0) is 22.2. The summed E-state index contributed by atoms with van der Waals surface area (Å²) in [6, 6.07) is 15.0. The summed E-state index contributed by atoms with van der Waals surface area (Å²) in [6.07, 6.45) is 7.20. The number of carbonyl (C=O) groups excluding carboxylic acids is 1. The molecule has 5 heteroatoms. The van der Waals surface area contributed by atoms with Gasteiger partial charge in [0.25, 0.3) is 0 Å². The molecule has 0 radical (unpaired) electrons. The summed E-state index contributed by atoms with van der Waals surface area (Å²) in [7, 11) is 0. The van der Waals surface area contributed by atoms with E-state index in [1.807, 2.05) is 17.5 Å². The Morgan fingerprint density at radius 1 is 1.06 bits per heavy atom. The van der Waals surface area contributed by atoms with Crippen molar-refractivity contribution in [3.8, 4) is 0 Å². The molecule has 1 unspecified atom stereocenters. The maximum atomic E-state index is 13.7. The first-order chi connectivity index (χ1) is 15.5. The second-order valence-electron chi connectivity index (χ2n) is 10.3. The maximum Gasteiger partial charge on any atom is 0.344 e. The van der Waals surface area contributed by atoms with Gasteiger partial charge >= 0.3 is 5.97 Å². The minimum absolute atomic E-state index is 0.0464. The molecule has 2 bridgehead atoms. The average molecular weight is 455 g/mol. The molecule has 2 aromatic rings. The summed E-state index contributed by atoms with van der Waals surface area (Å²) in [5.41, 5.74) is -0.147. The third kappa shape index (κ3) is 3.82. The van der Waals surface area contributed by atoms with Crippen molar-refractivity contribution in [2.75, 3.05) is 19.6 Å². The van der Waals surface area contributed by atoms with Gasteiger partial charge < -0.3 is 14.3 Å². The van der Waals surface area contributed by atoms with Crippen LogP contribution in [-0.2, 0) is 15.1 Å². The fourth-order valence-electron chi connectivity index (χ4n) is 6.60. The van der Waals surface area contributed by atoms with Gasteiger partial charge in [0.05, 0.1) is 13.1 Å². The van der Waals surface area contributed by atoms with E-state index in [9.17, 15) is 9.90 Å². The summed E-state index contributed by atoms with van der Waals surface area (Å²) in [6.45, 7) is 5.47. The lowest BCUT2D eigenvalue weighted by Gasteiger charge is -2.55. The van der Waals surface area contributed by atoms with E-state index in [1.165, 1.54) is 23.3 Å². The predicted molar refractivity (Wildman–Crippen MR) is 127 cm³/mol. The Bertz CT molecular complexity index is 900. The van der Waals surface area contributed by atoms with Crippen molar-refractivity contribution in [1.29, 1.82) is 0 Å². The Kier molecular flexibility index (Phi) is 6.17. The molecule has 4 aliphatic rings. The van der Waals surface area contributed by atoms with Crippen LogP contribution in [0.25, 0.3) is 0 Å². The number of thiophene rings is 1. The van der Waals surface area contributed by atoms with Crippen LogP contribution in [0.1, 0.15) is 68.4 Å². The SMILES string of the molecule is CC(c1ccccc1)[N+]12CCC(CC1)[C@@H](OC(=O)[C@](O)(c1cccs1)C1CCCCC1)C2. The van der Waals surface area contributed by atoms with Gasteiger partial charge in [0.15, 0.2) is 11.7 Å². The molecule has 4 heterocycles. The fourth-order valence-corrected chi connectivity index (χ4v) is 7.49. The zero-order valence-electron chi connectivity index (χ0n) is 19.1. The van der Waals surface area contributed by atoms with Gasteiger partial charge in [-0.3, -0.25) is 0 Å². The number of esters is 1. The van der Waals surface area contributed by atoms with Gasteiger partial charge in [0, 0.05) is 35.1 Å². The molecular formula is C27H36NO3S+. The van der Waals surface area contributed by atoms with E-state index >= 15 is 0 Å². The number of fused-ring (bicyclic) bond motifs is 3. The van der Waals surface area contributed by atoms with E-state index in [0.717, 1.165) is 67.5 Å². The van der Waals surface area contributed by atoms with Gasteiger partial charge in [-0.05, 0) is 31.2 Å². The molecule has 6 rings (SSSR count). The lowest BCUT2D eigenvalue weighted by molar-refractivity contribution is -0.972. The summed E-state index contributed by atoms with van der Waals surface area (Å²) in [5.74, 6) is -0.0353. The second-order valence-corrected chi connectivity index (χ2v) is 11.2. The number of hydrogen-bond acceptors (Lipinski definition) is 4. The van der Waals surface area contributed by atoms with Gasteiger partial charge in [0.2, 0.25) is 0 Å². The minimum atomic E-state index is -1.50. The van der Waals surface area contributed by atoms with Crippen molar-refractivity contribution in [1.82, 2.24) is 0 Å². The Hall–Kier alpha value is -1.69.